The van der Waals surface area contributed by atoms with Gasteiger partial charge in [-0.2, -0.15) is 0 Å². The molecule has 2 aliphatic rings. The van der Waals surface area contributed by atoms with E-state index in [1.165, 1.54) is 21.9 Å². The molecule has 11 rings (SSSR count). The zero-order chi connectivity index (χ0) is 34.2. The highest BCUT2D eigenvalue weighted by Gasteiger charge is 2.45. The Labute approximate surface area is 302 Å². The van der Waals surface area contributed by atoms with Crippen molar-refractivity contribution in [3.8, 4) is 50.3 Å². The quantitative estimate of drug-likeness (QED) is 0.175. The first-order chi connectivity index (χ1) is 25.8. The summed E-state index contributed by atoms with van der Waals surface area (Å²) in [7, 11) is 0. The number of hydrogen-bond acceptors (Lipinski definition) is 3. The van der Waals surface area contributed by atoms with Crippen LogP contribution in [0.15, 0.2) is 187 Å². The molecule has 0 atom stereocenters. The molecular formula is C48H30BNO2. The average molecular weight is 664 g/mol. The molecule has 0 radical (unpaired) electrons. The third-order valence-electron chi connectivity index (χ3n) is 10.7. The van der Waals surface area contributed by atoms with Crippen molar-refractivity contribution in [1.29, 1.82) is 0 Å². The van der Waals surface area contributed by atoms with E-state index < -0.39 is 0 Å². The van der Waals surface area contributed by atoms with Crippen molar-refractivity contribution in [3.05, 3.63) is 182 Å². The molecular weight excluding hydrogens is 633 g/mol. The van der Waals surface area contributed by atoms with Gasteiger partial charge in [-0.05, 0) is 92.7 Å². The third kappa shape index (κ3) is 4.41. The summed E-state index contributed by atoms with van der Waals surface area (Å²) in [5, 5.41) is 3.42. The Balaban J connectivity index is 1.24. The van der Waals surface area contributed by atoms with E-state index in [1.54, 1.807) is 0 Å². The van der Waals surface area contributed by atoms with Crippen LogP contribution in [-0.4, -0.2) is 6.92 Å². The van der Waals surface area contributed by atoms with Crippen molar-refractivity contribution in [1.82, 2.24) is 0 Å². The summed E-state index contributed by atoms with van der Waals surface area (Å²) in [6, 6.07) is 63.0. The molecule has 0 saturated heterocycles. The van der Waals surface area contributed by atoms with Crippen molar-refractivity contribution in [2.24, 2.45) is 0 Å². The van der Waals surface area contributed by atoms with E-state index in [2.05, 4.69) is 181 Å². The minimum Gasteiger partial charge on any atom is -0.551 e. The van der Waals surface area contributed by atoms with Crippen LogP contribution >= 0.6 is 0 Å². The standard InChI is InChI=1S/C48H30BNO2/c1-4-12-31(13-5-1)35-21-23-44-41(29-35)45-47-43(30-36-24-25-51-48(36)45)50(42-22-20-34-18-10-11-19-40(34)46(42)49(47)52-44)39-27-37(32-14-6-2-7-15-32)26-38(28-39)33-16-8-3-9-17-33/h1-30H. The lowest BCUT2D eigenvalue weighted by Crippen LogP contribution is -2.56. The van der Waals surface area contributed by atoms with E-state index >= 15 is 0 Å². The zero-order valence-electron chi connectivity index (χ0n) is 28.2. The molecule has 8 aromatic carbocycles. The van der Waals surface area contributed by atoms with Crippen LogP contribution in [0.5, 0.6) is 5.75 Å². The molecule has 3 heterocycles. The topological polar surface area (TPSA) is 25.6 Å². The lowest BCUT2D eigenvalue weighted by molar-refractivity contribution is 0.587. The molecule has 2 aliphatic heterocycles. The van der Waals surface area contributed by atoms with E-state index in [0.29, 0.717) is 0 Å². The zero-order valence-corrected chi connectivity index (χ0v) is 28.2. The van der Waals surface area contributed by atoms with Gasteiger partial charge in [0.2, 0.25) is 0 Å². The number of fused-ring (bicyclic) bond motifs is 8. The second-order valence-electron chi connectivity index (χ2n) is 13.7. The van der Waals surface area contributed by atoms with E-state index in [9.17, 15) is 0 Å². The van der Waals surface area contributed by atoms with Gasteiger partial charge in [0.25, 0.3) is 0 Å². The Morgan fingerprint density at radius 2 is 1.10 bits per heavy atom. The molecule has 52 heavy (non-hydrogen) atoms. The van der Waals surface area contributed by atoms with Crippen LogP contribution in [0.3, 0.4) is 0 Å². The van der Waals surface area contributed by atoms with Gasteiger partial charge in [-0.1, -0.05) is 127 Å². The maximum absolute atomic E-state index is 7.19. The van der Waals surface area contributed by atoms with Crippen molar-refractivity contribution in [3.63, 3.8) is 0 Å². The normalized spacial score (nSPS) is 12.7. The Bertz CT molecular complexity index is 2770. The minimum absolute atomic E-state index is 0.335. The number of benzene rings is 8. The van der Waals surface area contributed by atoms with E-state index in [-0.39, 0.29) is 6.92 Å². The number of nitrogens with zero attached hydrogens (tertiary/aromatic N) is 1. The summed E-state index contributed by atoms with van der Waals surface area (Å²) in [4.78, 5) is 2.46. The summed E-state index contributed by atoms with van der Waals surface area (Å²) in [6.07, 6.45) is 1.81. The van der Waals surface area contributed by atoms with Crippen LogP contribution in [0.1, 0.15) is 0 Å². The number of anilines is 3. The molecule has 3 nitrogen and oxygen atoms in total. The molecule has 0 spiro atoms. The van der Waals surface area contributed by atoms with Crippen molar-refractivity contribution in [2.75, 3.05) is 4.90 Å². The van der Waals surface area contributed by atoms with Crippen LogP contribution in [0.2, 0.25) is 0 Å². The smallest absolute Gasteiger partial charge is 0.432 e. The molecule has 0 bridgehead atoms. The maximum atomic E-state index is 7.19. The SMILES string of the molecule is c1ccc(-c2cc(-c3ccccc3)cc(N3c4cc5ccoc5c5c4B(Oc4ccc(-c6ccccc6)cc4-5)c4c3ccc3ccccc43)c2)cc1. The van der Waals surface area contributed by atoms with Gasteiger partial charge in [-0.15, -0.1) is 0 Å². The molecule has 9 aromatic rings. The van der Waals surface area contributed by atoms with Crippen LogP contribution in [0.4, 0.5) is 17.1 Å². The maximum Gasteiger partial charge on any atom is 0.432 e. The number of rotatable bonds is 4. The van der Waals surface area contributed by atoms with Gasteiger partial charge in [0, 0.05) is 44.5 Å². The molecule has 0 saturated carbocycles. The Hall–Kier alpha value is -6.78. The Kier molecular flexibility index (Phi) is 6.35. The third-order valence-corrected chi connectivity index (χ3v) is 10.7. The molecule has 242 valence electrons. The first-order valence-electron chi connectivity index (χ1n) is 17.8. The summed E-state index contributed by atoms with van der Waals surface area (Å²) in [6.45, 7) is -0.335. The van der Waals surface area contributed by atoms with Gasteiger partial charge in [0.1, 0.15) is 11.3 Å². The van der Waals surface area contributed by atoms with Crippen LogP contribution in [-0.2, 0) is 0 Å². The van der Waals surface area contributed by atoms with Crippen molar-refractivity contribution in [2.45, 2.75) is 0 Å². The highest BCUT2D eigenvalue weighted by Crippen LogP contribution is 2.48. The summed E-state index contributed by atoms with van der Waals surface area (Å²) < 4.78 is 13.6. The lowest BCUT2D eigenvalue weighted by Gasteiger charge is -2.40. The fraction of sp³-hybridized carbons (Fsp3) is 0. The highest BCUT2D eigenvalue weighted by atomic mass is 16.4. The predicted molar refractivity (Wildman–Crippen MR) is 216 cm³/mol. The second-order valence-corrected chi connectivity index (χ2v) is 13.7. The number of furan rings is 1. The largest absolute Gasteiger partial charge is 0.551 e. The summed E-state index contributed by atoms with van der Waals surface area (Å²) in [5.74, 6) is 0.858. The van der Waals surface area contributed by atoms with Gasteiger partial charge < -0.3 is 14.0 Å². The van der Waals surface area contributed by atoms with Gasteiger partial charge in [-0.3, -0.25) is 0 Å². The van der Waals surface area contributed by atoms with E-state index in [1.807, 2.05) is 6.26 Å². The molecule has 0 unspecified atom stereocenters. The van der Waals surface area contributed by atoms with E-state index in [4.69, 9.17) is 9.07 Å². The fourth-order valence-corrected chi connectivity index (χ4v) is 8.35. The van der Waals surface area contributed by atoms with Gasteiger partial charge in [0.15, 0.2) is 0 Å². The van der Waals surface area contributed by atoms with Crippen LogP contribution in [0.25, 0.3) is 66.2 Å². The second kappa shape index (κ2) is 11.4. The molecule has 0 N–H and O–H groups in total. The highest BCUT2D eigenvalue weighted by molar-refractivity contribution is 6.87. The van der Waals surface area contributed by atoms with Gasteiger partial charge in [-0.25, -0.2) is 0 Å². The lowest BCUT2D eigenvalue weighted by atomic mass is 9.48. The monoisotopic (exact) mass is 663 g/mol. The van der Waals surface area contributed by atoms with Gasteiger partial charge in [0.05, 0.1) is 6.26 Å². The summed E-state index contributed by atoms with van der Waals surface area (Å²) >= 11 is 0. The Morgan fingerprint density at radius 1 is 0.442 bits per heavy atom. The molecule has 0 aliphatic carbocycles. The average Bonchev–Trinajstić information content (AvgIpc) is 3.70. The van der Waals surface area contributed by atoms with Crippen LogP contribution < -0.4 is 20.5 Å². The molecule has 4 heteroatoms. The van der Waals surface area contributed by atoms with Crippen LogP contribution in [0, 0.1) is 0 Å². The predicted octanol–water partition coefficient (Wildman–Crippen LogP) is 11.5. The first kappa shape index (κ1) is 29.0. The minimum atomic E-state index is -0.335. The van der Waals surface area contributed by atoms with Crippen molar-refractivity contribution < 1.29 is 9.07 Å². The van der Waals surface area contributed by atoms with E-state index in [0.717, 1.165) is 78.1 Å². The first-order valence-corrected chi connectivity index (χ1v) is 17.8. The Morgan fingerprint density at radius 3 is 1.81 bits per heavy atom. The number of hydrogen-bond donors (Lipinski definition) is 0. The van der Waals surface area contributed by atoms with Gasteiger partial charge >= 0.3 is 6.92 Å². The van der Waals surface area contributed by atoms with Crippen molar-refractivity contribution >= 4 is 56.6 Å². The fourth-order valence-electron chi connectivity index (χ4n) is 8.35. The molecule has 0 amide bonds. The molecule has 0 fully saturated rings. The molecule has 1 aromatic heterocycles. The summed E-state index contributed by atoms with van der Waals surface area (Å²) in [5.41, 5.74) is 15.6.